The Morgan fingerprint density at radius 1 is 0.958 bits per heavy atom. The first-order valence-corrected chi connectivity index (χ1v) is 7.77. The zero-order chi connectivity index (χ0) is 16.7. The summed E-state index contributed by atoms with van der Waals surface area (Å²) in [6.07, 6.45) is 0.981. The van der Waals surface area contributed by atoms with Crippen molar-refractivity contribution in [2.45, 2.75) is 6.42 Å². The van der Waals surface area contributed by atoms with Gasteiger partial charge < -0.3 is 16.0 Å². The third-order valence-corrected chi connectivity index (χ3v) is 4.10. The molecule has 0 radical (unpaired) electrons. The molecule has 24 heavy (non-hydrogen) atoms. The zero-order valence-corrected chi connectivity index (χ0v) is 13.6. The van der Waals surface area contributed by atoms with E-state index >= 15 is 0 Å². The lowest BCUT2D eigenvalue weighted by atomic mass is 10.1. The second kappa shape index (κ2) is 5.49. The van der Waals surface area contributed by atoms with Crippen LogP contribution in [0.25, 0.3) is 11.1 Å². The highest BCUT2D eigenvalue weighted by molar-refractivity contribution is 5.80. The highest BCUT2D eigenvalue weighted by atomic mass is 15.3. The van der Waals surface area contributed by atoms with Gasteiger partial charge >= 0.3 is 0 Å². The van der Waals surface area contributed by atoms with E-state index in [2.05, 4.69) is 56.7 Å². The molecule has 0 fully saturated rings. The molecule has 1 aliphatic carbocycles. The van der Waals surface area contributed by atoms with E-state index in [9.17, 15) is 0 Å². The number of benzene rings is 2. The van der Waals surface area contributed by atoms with Crippen LogP contribution in [0.5, 0.6) is 0 Å². The molecular weight excluding hydrogens is 300 g/mol. The van der Waals surface area contributed by atoms with Crippen LogP contribution in [-0.4, -0.2) is 29.0 Å². The van der Waals surface area contributed by atoms with Gasteiger partial charge in [0.1, 0.15) is 0 Å². The first-order valence-electron chi connectivity index (χ1n) is 7.77. The lowest BCUT2D eigenvalue weighted by Gasteiger charge is -2.12. The largest absolute Gasteiger partial charge is 0.368 e. The van der Waals surface area contributed by atoms with E-state index in [0.29, 0.717) is 11.9 Å². The summed E-state index contributed by atoms with van der Waals surface area (Å²) in [6, 6.07) is 14.8. The Morgan fingerprint density at radius 2 is 1.75 bits per heavy atom. The fourth-order valence-electron chi connectivity index (χ4n) is 2.97. The van der Waals surface area contributed by atoms with Gasteiger partial charge in [0.25, 0.3) is 0 Å². The van der Waals surface area contributed by atoms with Crippen molar-refractivity contribution >= 4 is 23.5 Å². The Hall–Kier alpha value is -3.15. The predicted octanol–water partition coefficient (Wildman–Crippen LogP) is 2.83. The first-order chi connectivity index (χ1) is 11.6. The average Bonchev–Trinajstić information content (AvgIpc) is 2.92. The van der Waals surface area contributed by atoms with Gasteiger partial charge in [-0.15, -0.1) is 0 Å². The van der Waals surface area contributed by atoms with Gasteiger partial charge in [-0.2, -0.15) is 15.0 Å². The molecule has 120 valence electrons. The van der Waals surface area contributed by atoms with Gasteiger partial charge in [0.15, 0.2) is 0 Å². The number of nitrogens with two attached hydrogens (primary N) is 1. The zero-order valence-electron chi connectivity index (χ0n) is 13.6. The number of nitrogens with one attached hydrogen (secondary N) is 1. The summed E-state index contributed by atoms with van der Waals surface area (Å²) in [7, 11) is 3.73. The molecule has 1 aromatic heterocycles. The smallest absolute Gasteiger partial charge is 0.233 e. The fraction of sp³-hybridized carbons (Fsp3) is 0.167. The van der Waals surface area contributed by atoms with Crippen LogP contribution in [0.2, 0.25) is 0 Å². The minimum Gasteiger partial charge on any atom is -0.368 e. The molecule has 3 N–H and O–H groups in total. The summed E-state index contributed by atoms with van der Waals surface area (Å²) >= 11 is 0. The molecule has 0 saturated carbocycles. The van der Waals surface area contributed by atoms with Crippen molar-refractivity contribution in [3.05, 3.63) is 53.6 Å². The number of nitrogens with zero attached hydrogens (tertiary/aromatic N) is 4. The second-order valence-corrected chi connectivity index (χ2v) is 6.04. The van der Waals surface area contributed by atoms with Crippen molar-refractivity contribution in [1.29, 1.82) is 0 Å². The summed E-state index contributed by atoms with van der Waals surface area (Å²) in [5, 5.41) is 3.23. The van der Waals surface area contributed by atoms with Crippen LogP contribution in [0.1, 0.15) is 11.1 Å². The normalized spacial score (nSPS) is 11.8. The van der Waals surface area contributed by atoms with E-state index in [1.54, 1.807) is 4.90 Å². The molecule has 0 saturated heterocycles. The third-order valence-electron chi connectivity index (χ3n) is 4.10. The summed E-state index contributed by atoms with van der Waals surface area (Å²) in [4.78, 5) is 14.4. The van der Waals surface area contributed by atoms with Crippen molar-refractivity contribution in [2.24, 2.45) is 0 Å². The molecule has 1 heterocycles. The molecule has 0 aliphatic heterocycles. The van der Waals surface area contributed by atoms with Gasteiger partial charge in [-0.3, -0.25) is 0 Å². The Bertz CT molecular complexity index is 919. The van der Waals surface area contributed by atoms with Crippen molar-refractivity contribution in [2.75, 3.05) is 30.0 Å². The van der Waals surface area contributed by atoms with E-state index in [4.69, 9.17) is 5.73 Å². The molecule has 0 amide bonds. The minimum absolute atomic E-state index is 0.197. The molecule has 1 aliphatic rings. The molecule has 2 aromatic carbocycles. The molecule has 6 nitrogen and oxygen atoms in total. The topological polar surface area (TPSA) is 80.0 Å². The van der Waals surface area contributed by atoms with Crippen LogP contribution in [0.3, 0.4) is 0 Å². The standard InChI is InChI=1S/C18H18N6/c1-24(2)18-22-16(19)21-17(23-18)20-13-8-7-12-9-11-5-3-4-6-14(11)15(12)10-13/h3-8,10H,9H2,1-2H3,(H3,19,20,21,22,23). The number of aromatic nitrogens is 3. The molecule has 0 atom stereocenters. The Balaban J connectivity index is 1.68. The van der Waals surface area contributed by atoms with Crippen molar-refractivity contribution in [1.82, 2.24) is 15.0 Å². The third kappa shape index (κ3) is 2.52. The summed E-state index contributed by atoms with van der Waals surface area (Å²) in [5.41, 5.74) is 12.0. The summed E-state index contributed by atoms with van der Waals surface area (Å²) in [6.45, 7) is 0. The van der Waals surface area contributed by atoms with Crippen LogP contribution in [0.4, 0.5) is 23.5 Å². The predicted molar refractivity (Wildman–Crippen MR) is 96.5 cm³/mol. The second-order valence-electron chi connectivity index (χ2n) is 6.04. The summed E-state index contributed by atoms with van der Waals surface area (Å²) in [5.74, 6) is 1.16. The van der Waals surface area contributed by atoms with Gasteiger partial charge in [-0.1, -0.05) is 30.3 Å². The van der Waals surface area contributed by atoms with Gasteiger partial charge in [-0.05, 0) is 40.8 Å². The van der Waals surface area contributed by atoms with Crippen LogP contribution in [-0.2, 0) is 6.42 Å². The maximum absolute atomic E-state index is 5.78. The number of hydrogen-bond donors (Lipinski definition) is 2. The number of hydrogen-bond acceptors (Lipinski definition) is 6. The van der Waals surface area contributed by atoms with E-state index < -0.39 is 0 Å². The molecule has 3 aromatic rings. The molecular formula is C18H18N6. The molecule has 0 spiro atoms. The van der Waals surface area contributed by atoms with Gasteiger partial charge in [0.05, 0.1) is 0 Å². The van der Waals surface area contributed by atoms with Crippen molar-refractivity contribution < 1.29 is 0 Å². The van der Waals surface area contributed by atoms with Gasteiger partial charge in [0, 0.05) is 19.8 Å². The first kappa shape index (κ1) is 14.4. The lowest BCUT2D eigenvalue weighted by molar-refractivity contribution is 0.969. The van der Waals surface area contributed by atoms with Crippen LogP contribution >= 0.6 is 0 Å². The number of fused-ring (bicyclic) bond motifs is 3. The minimum atomic E-state index is 0.197. The van der Waals surface area contributed by atoms with Gasteiger partial charge in [-0.25, -0.2) is 0 Å². The lowest BCUT2D eigenvalue weighted by Crippen LogP contribution is -2.15. The average molecular weight is 318 g/mol. The van der Waals surface area contributed by atoms with Crippen LogP contribution in [0, 0.1) is 0 Å². The Morgan fingerprint density at radius 3 is 2.58 bits per heavy atom. The molecule has 0 bridgehead atoms. The van der Waals surface area contributed by atoms with Gasteiger partial charge in [0.2, 0.25) is 17.8 Å². The highest BCUT2D eigenvalue weighted by Crippen LogP contribution is 2.38. The van der Waals surface area contributed by atoms with Crippen LogP contribution in [0.15, 0.2) is 42.5 Å². The van der Waals surface area contributed by atoms with E-state index in [1.165, 1.54) is 22.3 Å². The quantitative estimate of drug-likeness (QED) is 0.604. The van der Waals surface area contributed by atoms with Crippen molar-refractivity contribution in [3.63, 3.8) is 0 Å². The summed E-state index contributed by atoms with van der Waals surface area (Å²) < 4.78 is 0. The Kier molecular flexibility index (Phi) is 3.30. The number of rotatable bonds is 3. The monoisotopic (exact) mass is 318 g/mol. The maximum atomic E-state index is 5.78. The SMILES string of the molecule is CN(C)c1nc(N)nc(Nc2ccc3c(c2)-c2ccccc2C3)n1. The number of anilines is 4. The highest BCUT2D eigenvalue weighted by Gasteiger charge is 2.18. The van der Waals surface area contributed by atoms with Crippen LogP contribution < -0.4 is 16.0 Å². The fourth-order valence-corrected chi connectivity index (χ4v) is 2.97. The van der Waals surface area contributed by atoms with E-state index in [0.717, 1.165) is 12.1 Å². The van der Waals surface area contributed by atoms with Crippen molar-refractivity contribution in [3.8, 4) is 11.1 Å². The molecule has 4 rings (SSSR count). The maximum Gasteiger partial charge on any atom is 0.233 e. The molecule has 0 unspecified atom stereocenters. The van der Waals surface area contributed by atoms with E-state index in [1.807, 2.05) is 20.2 Å². The molecule has 6 heteroatoms. The van der Waals surface area contributed by atoms with E-state index in [-0.39, 0.29) is 5.95 Å². The Labute approximate surface area is 140 Å². The number of nitrogen functional groups attached to an aromatic ring is 1.